The highest BCUT2D eigenvalue weighted by Crippen LogP contribution is 2.34. The van der Waals surface area contributed by atoms with Crippen molar-refractivity contribution in [3.8, 4) is 5.75 Å². The molecule has 98 valence electrons. The molecule has 1 saturated heterocycles. The number of hydrogen-bond acceptors (Lipinski definition) is 6. The topological polar surface area (TPSA) is 93.4 Å². The molecule has 1 aromatic rings. The van der Waals surface area contributed by atoms with Crippen LogP contribution >= 0.6 is 0 Å². The average molecular weight is 251 g/mol. The molecule has 0 aliphatic carbocycles. The molecule has 1 unspecified atom stereocenters. The number of carbonyl (C=O) groups is 1. The number of aromatic nitrogens is 2. The van der Waals surface area contributed by atoms with Crippen molar-refractivity contribution in [2.45, 2.75) is 18.9 Å². The molecule has 1 aliphatic heterocycles. The second-order valence-electron chi connectivity index (χ2n) is 4.08. The van der Waals surface area contributed by atoms with Gasteiger partial charge in [-0.2, -0.15) is 0 Å². The van der Waals surface area contributed by atoms with Crippen molar-refractivity contribution < 1.29 is 9.53 Å². The van der Waals surface area contributed by atoms with Gasteiger partial charge < -0.3 is 20.7 Å². The van der Waals surface area contributed by atoms with Gasteiger partial charge in [-0.3, -0.25) is 4.79 Å². The predicted molar refractivity (Wildman–Crippen MR) is 67.4 cm³/mol. The SMILES string of the molecule is CNC(=O)C1CCCN1c1ncnc(N)c1OC. The van der Waals surface area contributed by atoms with Gasteiger partial charge in [-0.15, -0.1) is 0 Å². The summed E-state index contributed by atoms with van der Waals surface area (Å²) in [5.41, 5.74) is 5.75. The van der Waals surface area contributed by atoms with Crippen molar-refractivity contribution in [2.75, 3.05) is 31.3 Å². The van der Waals surface area contributed by atoms with Crippen molar-refractivity contribution in [1.82, 2.24) is 15.3 Å². The van der Waals surface area contributed by atoms with Gasteiger partial charge in [-0.05, 0) is 12.8 Å². The summed E-state index contributed by atoms with van der Waals surface area (Å²) in [7, 11) is 3.15. The molecule has 18 heavy (non-hydrogen) atoms. The number of methoxy groups -OCH3 is 1. The van der Waals surface area contributed by atoms with Crippen LogP contribution in [0.15, 0.2) is 6.33 Å². The zero-order chi connectivity index (χ0) is 13.1. The molecule has 0 spiro atoms. The Morgan fingerprint density at radius 3 is 3.06 bits per heavy atom. The van der Waals surface area contributed by atoms with Crippen LogP contribution in [0.3, 0.4) is 0 Å². The largest absolute Gasteiger partial charge is 0.490 e. The highest BCUT2D eigenvalue weighted by Gasteiger charge is 2.33. The lowest BCUT2D eigenvalue weighted by molar-refractivity contribution is -0.121. The van der Waals surface area contributed by atoms with E-state index < -0.39 is 0 Å². The number of rotatable bonds is 3. The quantitative estimate of drug-likeness (QED) is 0.771. The van der Waals surface area contributed by atoms with E-state index in [1.165, 1.54) is 13.4 Å². The number of anilines is 2. The summed E-state index contributed by atoms with van der Waals surface area (Å²) in [6, 6.07) is -0.224. The molecule has 2 rings (SSSR count). The molecule has 2 heterocycles. The molecular formula is C11H17N5O2. The summed E-state index contributed by atoms with van der Waals surface area (Å²) < 4.78 is 5.23. The Kier molecular flexibility index (Phi) is 3.50. The number of nitrogens with one attached hydrogen (secondary N) is 1. The Balaban J connectivity index is 2.36. The van der Waals surface area contributed by atoms with E-state index in [4.69, 9.17) is 10.5 Å². The van der Waals surface area contributed by atoms with Gasteiger partial charge in [0.15, 0.2) is 11.6 Å². The van der Waals surface area contributed by atoms with Crippen LogP contribution in [0.2, 0.25) is 0 Å². The first-order valence-corrected chi connectivity index (χ1v) is 5.81. The lowest BCUT2D eigenvalue weighted by Crippen LogP contribution is -2.42. The highest BCUT2D eigenvalue weighted by atomic mass is 16.5. The first kappa shape index (κ1) is 12.4. The van der Waals surface area contributed by atoms with E-state index in [1.54, 1.807) is 7.05 Å². The van der Waals surface area contributed by atoms with Gasteiger partial charge in [0.25, 0.3) is 0 Å². The number of hydrogen-bond donors (Lipinski definition) is 2. The first-order chi connectivity index (χ1) is 8.69. The predicted octanol–water partition coefficient (Wildman–Crippen LogP) is -0.218. The number of likely N-dealkylation sites (N-methyl/N-ethyl adjacent to an activating group) is 1. The second-order valence-corrected chi connectivity index (χ2v) is 4.08. The van der Waals surface area contributed by atoms with E-state index in [9.17, 15) is 4.79 Å². The lowest BCUT2D eigenvalue weighted by Gasteiger charge is -2.25. The smallest absolute Gasteiger partial charge is 0.242 e. The molecule has 0 radical (unpaired) electrons. The Morgan fingerprint density at radius 2 is 2.39 bits per heavy atom. The van der Waals surface area contributed by atoms with Crippen LogP contribution < -0.4 is 20.7 Å². The summed E-state index contributed by atoms with van der Waals surface area (Å²) in [5, 5.41) is 2.66. The van der Waals surface area contributed by atoms with E-state index >= 15 is 0 Å². The summed E-state index contributed by atoms with van der Waals surface area (Å²) in [6.07, 6.45) is 3.12. The van der Waals surface area contributed by atoms with Crippen LogP contribution in [0.1, 0.15) is 12.8 Å². The third-order valence-electron chi connectivity index (χ3n) is 3.09. The highest BCUT2D eigenvalue weighted by molar-refractivity contribution is 5.86. The molecule has 3 N–H and O–H groups in total. The van der Waals surface area contributed by atoms with Crippen LogP contribution in [-0.4, -0.2) is 42.6 Å². The Bertz CT molecular complexity index is 451. The van der Waals surface area contributed by atoms with Gasteiger partial charge >= 0.3 is 0 Å². The molecule has 1 amide bonds. The van der Waals surface area contributed by atoms with Crippen molar-refractivity contribution >= 4 is 17.5 Å². The van der Waals surface area contributed by atoms with Gasteiger partial charge in [0, 0.05) is 13.6 Å². The Morgan fingerprint density at radius 1 is 1.61 bits per heavy atom. The molecule has 0 bridgehead atoms. The fraction of sp³-hybridized carbons (Fsp3) is 0.545. The van der Waals surface area contributed by atoms with E-state index in [2.05, 4.69) is 15.3 Å². The Labute approximate surface area is 105 Å². The minimum atomic E-state index is -0.224. The third kappa shape index (κ3) is 2.03. The molecule has 1 atom stereocenters. The maximum atomic E-state index is 11.8. The van der Waals surface area contributed by atoms with Crippen LogP contribution in [0.5, 0.6) is 5.75 Å². The molecule has 1 aliphatic rings. The minimum Gasteiger partial charge on any atom is -0.490 e. The number of carbonyl (C=O) groups excluding carboxylic acids is 1. The van der Waals surface area contributed by atoms with Crippen molar-refractivity contribution in [3.05, 3.63) is 6.33 Å². The van der Waals surface area contributed by atoms with Crippen LogP contribution in [-0.2, 0) is 4.79 Å². The van der Waals surface area contributed by atoms with Crippen LogP contribution in [0.25, 0.3) is 0 Å². The summed E-state index contributed by atoms with van der Waals surface area (Å²) >= 11 is 0. The number of nitrogens with zero attached hydrogens (tertiary/aromatic N) is 3. The van der Waals surface area contributed by atoms with Gasteiger partial charge in [0.1, 0.15) is 12.4 Å². The van der Waals surface area contributed by atoms with E-state index in [1.807, 2.05) is 4.90 Å². The molecule has 1 aromatic heterocycles. The van der Waals surface area contributed by atoms with Crippen molar-refractivity contribution in [3.63, 3.8) is 0 Å². The molecule has 0 aromatic carbocycles. The Hall–Kier alpha value is -2.05. The third-order valence-corrected chi connectivity index (χ3v) is 3.09. The summed E-state index contributed by atoms with van der Waals surface area (Å²) in [4.78, 5) is 21.8. The minimum absolute atomic E-state index is 0.0215. The molecule has 7 nitrogen and oxygen atoms in total. The van der Waals surface area contributed by atoms with Gasteiger partial charge in [0.2, 0.25) is 11.7 Å². The number of nitrogen functional groups attached to an aromatic ring is 1. The molecule has 0 saturated carbocycles. The fourth-order valence-corrected chi connectivity index (χ4v) is 2.24. The van der Waals surface area contributed by atoms with E-state index in [0.29, 0.717) is 11.6 Å². The summed E-state index contributed by atoms with van der Waals surface area (Å²) in [6.45, 7) is 0.755. The zero-order valence-electron chi connectivity index (χ0n) is 10.5. The van der Waals surface area contributed by atoms with Crippen LogP contribution in [0.4, 0.5) is 11.6 Å². The standard InChI is InChI=1S/C11H17N5O2/c1-13-11(17)7-4-3-5-16(7)10-8(18-2)9(12)14-6-15-10/h6-7H,3-5H2,1-2H3,(H,13,17)(H2,12,14,15). The average Bonchev–Trinajstić information content (AvgIpc) is 2.86. The molecule has 7 heteroatoms. The van der Waals surface area contributed by atoms with Crippen LogP contribution in [0, 0.1) is 0 Å². The molecule has 1 fully saturated rings. The molecular weight excluding hydrogens is 234 g/mol. The van der Waals surface area contributed by atoms with E-state index in [-0.39, 0.29) is 17.8 Å². The normalized spacial score (nSPS) is 18.8. The van der Waals surface area contributed by atoms with Crippen molar-refractivity contribution in [2.24, 2.45) is 0 Å². The van der Waals surface area contributed by atoms with Crippen molar-refractivity contribution in [1.29, 1.82) is 0 Å². The summed E-state index contributed by atoms with van der Waals surface area (Å²) in [5.74, 6) is 1.26. The fourth-order valence-electron chi connectivity index (χ4n) is 2.24. The number of nitrogens with two attached hydrogens (primary N) is 1. The van der Waals surface area contributed by atoms with E-state index in [0.717, 1.165) is 19.4 Å². The monoisotopic (exact) mass is 251 g/mol. The lowest BCUT2D eigenvalue weighted by atomic mass is 10.2. The maximum Gasteiger partial charge on any atom is 0.242 e. The van der Waals surface area contributed by atoms with Gasteiger partial charge in [-0.25, -0.2) is 9.97 Å². The maximum absolute atomic E-state index is 11.8. The zero-order valence-corrected chi connectivity index (χ0v) is 10.5. The van der Waals surface area contributed by atoms with Gasteiger partial charge in [-0.1, -0.05) is 0 Å². The first-order valence-electron chi connectivity index (χ1n) is 5.81. The van der Waals surface area contributed by atoms with Gasteiger partial charge in [0.05, 0.1) is 7.11 Å². The number of amides is 1. The number of ether oxygens (including phenoxy) is 1. The second kappa shape index (κ2) is 5.07.